The Morgan fingerprint density at radius 3 is 0.976 bits per heavy atom. The first-order chi connectivity index (χ1) is 41.1. The number of aromatic nitrogens is 8. The summed E-state index contributed by atoms with van der Waals surface area (Å²) < 4.78 is 14.4. The Balaban J connectivity index is 0.920. The van der Waals surface area contributed by atoms with Crippen LogP contribution in [0, 0.1) is 6.92 Å². The third-order valence-electron chi connectivity index (χ3n) is 17.6. The molecule has 0 unspecified atom stereocenters. The number of benzene rings is 10. The van der Waals surface area contributed by atoms with Crippen LogP contribution < -0.4 is 0 Å². The molecule has 10 aromatic carbocycles. The number of rotatable bonds is 7. The zero-order valence-electron chi connectivity index (χ0n) is 45.1. The normalized spacial score (nSPS) is 12.2. The van der Waals surface area contributed by atoms with Crippen molar-refractivity contribution >= 4 is 109 Å². The minimum absolute atomic E-state index is 1.06. The van der Waals surface area contributed by atoms with E-state index in [1.54, 1.807) is 0 Å². The SMILES string of the molecule is Cc1c(-n2ccc3cnccc32)cc(-c2cc(-n3c4ccccc4c4cc(-n5c6ccccc6c6ccccc65)ccc43)cc(-n3c4ccccc4c4cc(-n5c6ccccc6c6ccccc65)ccc43)c2)cc1-n1ccc2cnccc21. The lowest BCUT2D eigenvalue weighted by Crippen LogP contribution is -2.04. The molecule has 0 spiro atoms. The molecule has 0 fully saturated rings. The van der Waals surface area contributed by atoms with Gasteiger partial charge in [0.1, 0.15) is 0 Å². The first-order valence-corrected chi connectivity index (χ1v) is 28.3. The summed E-state index contributed by atoms with van der Waals surface area (Å²) in [4.78, 5) is 9.01. The highest BCUT2D eigenvalue weighted by Gasteiger charge is 2.23. The molecule has 0 saturated heterocycles. The summed E-state index contributed by atoms with van der Waals surface area (Å²) >= 11 is 0. The highest BCUT2D eigenvalue weighted by atomic mass is 15.0. The van der Waals surface area contributed by atoms with Gasteiger partial charge in [-0.2, -0.15) is 0 Å². The Labute approximate surface area is 475 Å². The van der Waals surface area contributed by atoms with E-state index in [0.29, 0.717) is 0 Å². The van der Waals surface area contributed by atoms with E-state index in [9.17, 15) is 0 Å². The fourth-order valence-corrected chi connectivity index (χ4v) is 13.9. The Morgan fingerprint density at radius 1 is 0.265 bits per heavy atom. The lowest BCUT2D eigenvalue weighted by Gasteiger charge is -2.20. The summed E-state index contributed by atoms with van der Waals surface area (Å²) in [6, 6.07) is 87.4. The largest absolute Gasteiger partial charge is 0.316 e. The quantitative estimate of drug-likeness (QED) is 0.160. The molecule has 0 radical (unpaired) electrons. The minimum Gasteiger partial charge on any atom is -0.316 e. The van der Waals surface area contributed by atoms with Gasteiger partial charge in [0.15, 0.2) is 0 Å². The van der Waals surface area contributed by atoms with E-state index in [1.807, 2.05) is 24.8 Å². The van der Waals surface area contributed by atoms with Crippen molar-refractivity contribution in [1.29, 1.82) is 0 Å². The smallest absolute Gasteiger partial charge is 0.0559 e. The number of hydrogen-bond acceptors (Lipinski definition) is 2. The predicted molar refractivity (Wildman–Crippen MR) is 343 cm³/mol. The average molecular weight is 1060 g/mol. The molecule has 8 heteroatoms. The molecule has 8 heterocycles. The second kappa shape index (κ2) is 17.4. The number of nitrogens with zero attached hydrogens (tertiary/aromatic N) is 8. The lowest BCUT2D eigenvalue weighted by molar-refractivity contribution is 1.05. The van der Waals surface area contributed by atoms with E-state index < -0.39 is 0 Å². The molecule has 8 nitrogen and oxygen atoms in total. The predicted octanol–water partition coefficient (Wildman–Crippen LogP) is 18.7. The van der Waals surface area contributed by atoms with E-state index in [-0.39, 0.29) is 0 Å². The van der Waals surface area contributed by atoms with Crippen LogP contribution in [0.5, 0.6) is 0 Å². The monoisotopic (exact) mass is 1060 g/mol. The number of para-hydroxylation sites is 6. The van der Waals surface area contributed by atoms with Crippen LogP contribution in [0.25, 0.3) is 154 Å². The Kier molecular flexibility index (Phi) is 9.56. The molecular weight excluding hydrogens is 1010 g/mol. The molecule has 0 N–H and O–H groups in total. The fourth-order valence-electron chi connectivity index (χ4n) is 13.9. The van der Waals surface area contributed by atoms with Gasteiger partial charge in [-0.3, -0.25) is 9.97 Å². The molecule has 18 rings (SSSR count). The van der Waals surface area contributed by atoms with Gasteiger partial charge in [0.05, 0.1) is 66.5 Å². The maximum absolute atomic E-state index is 4.51. The van der Waals surface area contributed by atoms with Crippen molar-refractivity contribution < 1.29 is 0 Å². The van der Waals surface area contributed by atoms with Crippen molar-refractivity contribution in [2.24, 2.45) is 0 Å². The molecular formula is C75H48N8. The summed E-state index contributed by atoms with van der Waals surface area (Å²) in [6.07, 6.45) is 12.0. The first-order valence-electron chi connectivity index (χ1n) is 28.3. The van der Waals surface area contributed by atoms with Crippen LogP contribution in [0.2, 0.25) is 0 Å². The molecule has 0 amide bonds. The van der Waals surface area contributed by atoms with Crippen LogP contribution in [-0.4, -0.2) is 37.4 Å². The molecule has 83 heavy (non-hydrogen) atoms. The Morgan fingerprint density at radius 2 is 0.590 bits per heavy atom. The highest BCUT2D eigenvalue weighted by molar-refractivity contribution is 6.14. The maximum Gasteiger partial charge on any atom is 0.0559 e. The maximum atomic E-state index is 4.51. The fraction of sp³-hybridized carbons (Fsp3) is 0.0133. The van der Waals surface area contributed by atoms with Crippen LogP contribution in [-0.2, 0) is 0 Å². The number of fused-ring (bicyclic) bond motifs is 14. The summed E-state index contributed by atoms with van der Waals surface area (Å²) in [6.45, 7) is 2.24. The van der Waals surface area contributed by atoms with Crippen LogP contribution in [0.4, 0.5) is 0 Å². The van der Waals surface area contributed by atoms with Crippen LogP contribution in [0.15, 0.2) is 274 Å². The van der Waals surface area contributed by atoms with Gasteiger partial charge < -0.3 is 27.4 Å². The molecule has 0 bridgehead atoms. The van der Waals surface area contributed by atoms with Crippen molar-refractivity contribution in [1.82, 2.24) is 37.4 Å². The summed E-state index contributed by atoms with van der Waals surface area (Å²) in [5, 5.41) is 11.9. The van der Waals surface area contributed by atoms with Gasteiger partial charge in [-0.25, -0.2) is 0 Å². The summed E-state index contributed by atoms with van der Waals surface area (Å²) in [7, 11) is 0. The molecule has 0 aliphatic heterocycles. The standard InChI is InChI=1S/C75H48N8/c1-47-74(78-36-32-48-45-76-34-30-64(48)78)40-51(41-75(47)79-37-33-49-46-77-35-31-65(49)79)50-38-54(82-70-24-12-6-18-60(70)62-43-52(26-28-72(62)82)80-66-20-8-2-14-56(66)57-15-3-9-21-67(57)80)42-55(39-50)83-71-25-13-7-19-61(71)63-44-53(27-29-73(63)83)81-68-22-10-4-16-58(68)59-17-5-11-23-69(59)81/h2-46H,1H3. The first kappa shape index (κ1) is 45.6. The molecule has 0 saturated carbocycles. The van der Waals surface area contributed by atoms with Crippen LogP contribution in [0.3, 0.4) is 0 Å². The van der Waals surface area contributed by atoms with Gasteiger partial charge in [0, 0.05) is 114 Å². The molecule has 8 aromatic heterocycles. The van der Waals surface area contributed by atoms with Gasteiger partial charge in [0.2, 0.25) is 0 Å². The van der Waals surface area contributed by atoms with Gasteiger partial charge in [-0.05, 0) is 151 Å². The van der Waals surface area contributed by atoms with E-state index in [0.717, 1.165) is 94.7 Å². The average Bonchev–Trinajstić information content (AvgIpc) is 4.60. The Bertz CT molecular complexity index is 5280. The third-order valence-corrected chi connectivity index (χ3v) is 17.6. The van der Waals surface area contributed by atoms with Crippen molar-refractivity contribution in [3.8, 4) is 45.3 Å². The van der Waals surface area contributed by atoms with Gasteiger partial charge >= 0.3 is 0 Å². The molecule has 0 atom stereocenters. The van der Waals surface area contributed by atoms with Crippen molar-refractivity contribution in [3.63, 3.8) is 0 Å². The van der Waals surface area contributed by atoms with E-state index in [2.05, 4.69) is 293 Å². The highest BCUT2D eigenvalue weighted by Crippen LogP contribution is 2.43. The van der Waals surface area contributed by atoms with Crippen LogP contribution >= 0.6 is 0 Å². The summed E-state index contributed by atoms with van der Waals surface area (Å²) in [5.41, 5.74) is 21.3. The van der Waals surface area contributed by atoms with E-state index >= 15 is 0 Å². The number of hydrogen-bond donors (Lipinski definition) is 0. The zero-order valence-corrected chi connectivity index (χ0v) is 45.1. The second-order valence-corrected chi connectivity index (χ2v) is 22.0. The van der Waals surface area contributed by atoms with Crippen molar-refractivity contribution in [2.45, 2.75) is 6.92 Å². The van der Waals surface area contributed by atoms with E-state index in [1.165, 1.54) is 65.2 Å². The van der Waals surface area contributed by atoms with E-state index in [4.69, 9.17) is 0 Å². The molecule has 0 aliphatic rings. The van der Waals surface area contributed by atoms with Crippen molar-refractivity contribution in [3.05, 3.63) is 279 Å². The molecule has 18 aromatic rings. The van der Waals surface area contributed by atoms with Crippen molar-refractivity contribution in [2.75, 3.05) is 0 Å². The lowest BCUT2D eigenvalue weighted by atomic mass is 9.99. The van der Waals surface area contributed by atoms with Gasteiger partial charge in [-0.1, -0.05) is 109 Å². The summed E-state index contributed by atoms with van der Waals surface area (Å²) in [5.74, 6) is 0. The van der Waals surface area contributed by atoms with Crippen LogP contribution in [0.1, 0.15) is 5.56 Å². The second-order valence-electron chi connectivity index (χ2n) is 22.0. The zero-order chi connectivity index (χ0) is 54.4. The Hall–Kier alpha value is -11.2. The molecule has 388 valence electrons. The van der Waals surface area contributed by atoms with Gasteiger partial charge in [0.25, 0.3) is 0 Å². The molecule has 0 aliphatic carbocycles. The number of pyridine rings is 2. The third kappa shape index (κ3) is 6.63. The minimum atomic E-state index is 1.06. The van der Waals surface area contributed by atoms with Gasteiger partial charge in [-0.15, -0.1) is 0 Å². The topological polar surface area (TPSA) is 55.4 Å².